The highest BCUT2D eigenvalue weighted by atomic mass is 16.4. The Morgan fingerprint density at radius 2 is 1.25 bits per heavy atom. The van der Waals surface area contributed by atoms with Crippen molar-refractivity contribution in [2.75, 3.05) is 0 Å². The Balaban J connectivity index is 3.41. The van der Waals surface area contributed by atoms with Crippen LogP contribution in [-0.2, 0) is 0 Å². The van der Waals surface area contributed by atoms with E-state index in [0.29, 0.717) is 0 Å². The van der Waals surface area contributed by atoms with E-state index >= 15 is 0 Å². The van der Waals surface area contributed by atoms with Crippen LogP contribution in [0.25, 0.3) is 0 Å². The molecule has 1 aromatic rings. The van der Waals surface area contributed by atoms with Gasteiger partial charge in [-0.25, -0.2) is 9.59 Å². The Hall–Kier alpha value is -1.84. The van der Waals surface area contributed by atoms with Crippen molar-refractivity contribution in [2.24, 2.45) is 0 Å². The largest absolute Gasteiger partial charge is 0.431 e. The minimum Gasteiger partial charge on any atom is -0.431 e. The van der Waals surface area contributed by atoms with Crippen LogP contribution in [0.2, 0.25) is 0 Å². The topological polar surface area (TPSA) is 60.4 Å². The Bertz CT molecular complexity index is 361. The summed E-state index contributed by atoms with van der Waals surface area (Å²) < 4.78 is 9.00. The average Bonchev–Trinajstić information content (AvgIpc) is 2.07. The van der Waals surface area contributed by atoms with Crippen LogP contribution >= 0.6 is 0 Å². The van der Waals surface area contributed by atoms with Crippen molar-refractivity contribution in [3.05, 3.63) is 57.6 Å². The van der Waals surface area contributed by atoms with Crippen molar-refractivity contribution < 1.29 is 8.83 Å². The fourth-order valence-corrected chi connectivity index (χ4v) is 0.518. The van der Waals surface area contributed by atoms with E-state index in [0.717, 1.165) is 12.1 Å². The summed E-state index contributed by atoms with van der Waals surface area (Å²) in [6, 6.07) is 4.85. The van der Waals surface area contributed by atoms with Crippen molar-refractivity contribution in [1.82, 2.24) is 0 Å². The van der Waals surface area contributed by atoms with Gasteiger partial charge < -0.3 is 8.83 Å². The Morgan fingerprint density at radius 1 is 0.833 bits per heavy atom. The molecule has 0 unspecified atom stereocenters. The van der Waals surface area contributed by atoms with Gasteiger partial charge in [-0.3, -0.25) is 0 Å². The van der Waals surface area contributed by atoms with E-state index < -0.39 is 11.3 Å². The van der Waals surface area contributed by atoms with E-state index in [2.05, 4.69) is 8.83 Å². The molecule has 0 N–H and O–H groups in total. The smallest absolute Gasteiger partial charge is 0.335 e. The standard InChI is InChI=1S/C8H6O4/c9-7-3-4-8(10)12-6-2-1-5-11-7/h1-6H. The van der Waals surface area contributed by atoms with E-state index in [1.807, 2.05) is 0 Å². The quantitative estimate of drug-likeness (QED) is 0.569. The molecule has 1 aromatic heterocycles. The van der Waals surface area contributed by atoms with Crippen LogP contribution in [0.3, 0.4) is 0 Å². The molecule has 1 heterocycles. The van der Waals surface area contributed by atoms with Crippen LogP contribution in [-0.4, -0.2) is 0 Å². The van der Waals surface area contributed by atoms with E-state index in [1.165, 1.54) is 24.7 Å². The maximum Gasteiger partial charge on any atom is 0.335 e. The molecule has 62 valence electrons. The monoisotopic (exact) mass is 166 g/mol. The summed E-state index contributed by atoms with van der Waals surface area (Å²) in [5.41, 5.74) is -1.22. The van der Waals surface area contributed by atoms with E-state index in [4.69, 9.17) is 0 Å². The molecule has 12 heavy (non-hydrogen) atoms. The molecule has 0 aliphatic heterocycles. The van der Waals surface area contributed by atoms with Gasteiger partial charge in [0.25, 0.3) is 0 Å². The molecule has 0 aliphatic carbocycles. The zero-order chi connectivity index (χ0) is 8.81. The third-order valence-electron chi connectivity index (χ3n) is 0.992. The third kappa shape index (κ3) is 2.83. The first-order chi connectivity index (χ1) is 5.79. The minimum absolute atomic E-state index is 0.612. The lowest BCUT2D eigenvalue weighted by Crippen LogP contribution is -1.96. The van der Waals surface area contributed by atoms with Crippen LogP contribution < -0.4 is 11.3 Å². The SMILES string of the molecule is O=c1ccc(=O)occcco1. The van der Waals surface area contributed by atoms with Crippen molar-refractivity contribution in [3.8, 4) is 0 Å². The van der Waals surface area contributed by atoms with Gasteiger partial charge in [0.2, 0.25) is 0 Å². The maximum absolute atomic E-state index is 10.7. The molecular formula is C8H6O4. The highest BCUT2D eigenvalue weighted by molar-refractivity contribution is 4.81. The second-order valence-corrected chi connectivity index (χ2v) is 1.86. The fourth-order valence-electron chi connectivity index (χ4n) is 0.518. The van der Waals surface area contributed by atoms with Crippen LogP contribution in [0.5, 0.6) is 0 Å². The van der Waals surface area contributed by atoms with Gasteiger partial charge in [-0.15, -0.1) is 0 Å². The van der Waals surface area contributed by atoms with E-state index in [9.17, 15) is 9.59 Å². The zero-order valence-corrected chi connectivity index (χ0v) is 6.10. The highest BCUT2D eigenvalue weighted by Crippen LogP contribution is 1.72. The highest BCUT2D eigenvalue weighted by Gasteiger charge is 1.77. The summed E-state index contributed by atoms with van der Waals surface area (Å²) in [5.74, 6) is 0. The first-order valence-electron chi connectivity index (χ1n) is 3.20. The number of hydrogen-bond acceptors (Lipinski definition) is 4. The Kier molecular flexibility index (Phi) is 2.84. The predicted molar refractivity (Wildman–Crippen MR) is 41.1 cm³/mol. The summed E-state index contributed by atoms with van der Waals surface area (Å²) in [6.07, 6.45) is 2.39. The summed E-state index contributed by atoms with van der Waals surface area (Å²) in [7, 11) is 0. The molecular weight excluding hydrogens is 160 g/mol. The molecule has 1 rings (SSSR count). The molecule has 0 aliphatic rings. The van der Waals surface area contributed by atoms with Gasteiger partial charge >= 0.3 is 11.3 Å². The molecule has 0 radical (unpaired) electrons. The molecule has 0 aromatic carbocycles. The molecule has 0 saturated heterocycles. The van der Waals surface area contributed by atoms with Gasteiger partial charge in [0, 0.05) is 12.1 Å². The van der Waals surface area contributed by atoms with E-state index in [-0.39, 0.29) is 0 Å². The lowest BCUT2D eigenvalue weighted by Gasteiger charge is -1.72. The van der Waals surface area contributed by atoms with Gasteiger partial charge in [-0.2, -0.15) is 0 Å². The molecule has 0 saturated carbocycles. The summed E-state index contributed by atoms with van der Waals surface area (Å²) in [6.45, 7) is 0. The van der Waals surface area contributed by atoms with Crippen LogP contribution in [0.1, 0.15) is 0 Å². The third-order valence-corrected chi connectivity index (χ3v) is 0.992. The molecule has 0 fully saturated rings. The van der Waals surface area contributed by atoms with Gasteiger partial charge in [-0.1, -0.05) is 0 Å². The second kappa shape index (κ2) is 4.12. The van der Waals surface area contributed by atoms with Crippen molar-refractivity contribution in [2.45, 2.75) is 0 Å². The van der Waals surface area contributed by atoms with Gasteiger partial charge in [-0.05, 0) is 12.1 Å². The van der Waals surface area contributed by atoms with Crippen LogP contribution in [0.4, 0.5) is 0 Å². The zero-order valence-electron chi connectivity index (χ0n) is 6.10. The Morgan fingerprint density at radius 3 is 1.67 bits per heavy atom. The summed E-state index contributed by atoms with van der Waals surface area (Å²) >= 11 is 0. The summed E-state index contributed by atoms with van der Waals surface area (Å²) in [5, 5.41) is 0. The number of hydrogen-bond donors (Lipinski definition) is 0. The molecule has 0 amide bonds. The fraction of sp³-hybridized carbons (Fsp3) is 0. The first kappa shape index (κ1) is 8.26. The van der Waals surface area contributed by atoms with Gasteiger partial charge in [0.15, 0.2) is 0 Å². The van der Waals surface area contributed by atoms with Crippen LogP contribution in [0.15, 0.2) is 55.2 Å². The maximum atomic E-state index is 10.7. The molecule has 4 nitrogen and oxygen atoms in total. The van der Waals surface area contributed by atoms with Crippen molar-refractivity contribution >= 4 is 0 Å². The van der Waals surface area contributed by atoms with Gasteiger partial charge in [0.1, 0.15) is 0 Å². The predicted octanol–water partition coefficient (Wildman–Crippen LogP) is 0.717. The molecule has 0 atom stereocenters. The molecule has 0 bridgehead atoms. The van der Waals surface area contributed by atoms with Crippen molar-refractivity contribution in [1.29, 1.82) is 0 Å². The van der Waals surface area contributed by atoms with Crippen LogP contribution in [0, 0.1) is 0 Å². The lowest BCUT2D eigenvalue weighted by atomic mass is 10.6. The molecule has 0 spiro atoms. The second-order valence-electron chi connectivity index (χ2n) is 1.86. The average molecular weight is 166 g/mol. The minimum atomic E-state index is -0.612. The summed E-state index contributed by atoms with van der Waals surface area (Å²) in [4.78, 5) is 21.3. The lowest BCUT2D eigenvalue weighted by molar-refractivity contribution is 0.501. The normalized spacial score (nSPS) is 8.67. The van der Waals surface area contributed by atoms with Crippen molar-refractivity contribution in [3.63, 3.8) is 0 Å². The molecule has 4 heteroatoms. The first-order valence-corrected chi connectivity index (χ1v) is 3.20. The van der Waals surface area contributed by atoms with E-state index in [1.54, 1.807) is 0 Å². The Labute approximate surface area is 67.4 Å². The van der Waals surface area contributed by atoms with Gasteiger partial charge in [0.05, 0.1) is 12.5 Å². The number of rotatable bonds is 0.